The molecule has 0 spiro atoms. The smallest absolute Gasteiger partial charge is 0.128 e. The molecule has 106 valence electrons. The van der Waals surface area contributed by atoms with Crippen LogP contribution in [0.15, 0.2) is 48.5 Å². The van der Waals surface area contributed by atoms with Gasteiger partial charge in [-0.3, -0.25) is 0 Å². The maximum Gasteiger partial charge on any atom is 0.128 e. The molecule has 0 radical (unpaired) electrons. The van der Waals surface area contributed by atoms with Crippen molar-refractivity contribution in [3.8, 4) is 11.5 Å². The molecule has 0 saturated heterocycles. The number of aliphatic hydroxyl groups excluding tert-OH is 2. The third-order valence-electron chi connectivity index (χ3n) is 2.64. The first-order valence-electron chi connectivity index (χ1n) is 6.23. The molecular formula is C15H16ClNO3. The second-order valence-electron chi connectivity index (χ2n) is 4.30. The molecule has 0 bridgehead atoms. The lowest BCUT2D eigenvalue weighted by Gasteiger charge is -2.11. The first kappa shape index (κ1) is 14.7. The second-order valence-corrected chi connectivity index (χ2v) is 4.74. The molecule has 3 N–H and O–H groups in total. The van der Waals surface area contributed by atoms with E-state index >= 15 is 0 Å². The summed E-state index contributed by atoms with van der Waals surface area (Å²) in [5.41, 5.74) is 0.843. The third kappa shape index (κ3) is 4.42. The zero-order chi connectivity index (χ0) is 14.4. The minimum atomic E-state index is -0.766. The van der Waals surface area contributed by atoms with Crippen LogP contribution < -0.4 is 10.1 Å². The van der Waals surface area contributed by atoms with E-state index in [0.717, 1.165) is 5.69 Å². The summed E-state index contributed by atoms with van der Waals surface area (Å²) in [4.78, 5) is 0. The largest absolute Gasteiger partial charge is 0.457 e. The molecule has 2 aromatic carbocycles. The van der Waals surface area contributed by atoms with E-state index in [4.69, 9.17) is 21.4 Å². The number of aliphatic hydroxyl groups is 2. The van der Waals surface area contributed by atoms with Gasteiger partial charge in [0.1, 0.15) is 11.5 Å². The van der Waals surface area contributed by atoms with Crippen molar-refractivity contribution in [3.05, 3.63) is 53.6 Å². The lowest BCUT2D eigenvalue weighted by Crippen LogP contribution is -2.22. The van der Waals surface area contributed by atoms with E-state index in [1.165, 1.54) is 0 Å². The van der Waals surface area contributed by atoms with Crippen molar-refractivity contribution in [2.75, 3.05) is 18.5 Å². The van der Waals surface area contributed by atoms with E-state index in [1.54, 1.807) is 12.1 Å². The van der Waals surface area contributed by atoms with Gasteiger partial charge in [0.05, 0.1) is 12.7 Å². The molecular weight excluding hydrogens is 278 g/mol. The zero-order valence-electron chi connectivity index (χ0n) is 10.8. The molecule has 5 heteroatoms. The number of rotatable bonds is 6. The van der Waals surface area contributed by atoms with E-state index in [9.17, 15) is 5.11 Å². The summed E-state index contributed by atoms with van der Waals surface area (Å²) in [6.07, 6.45) is -0.766. The highest BCUT2D eigenvalue weighted by Crippen LogP contribution is 2.25. The minimum Gasteiger partial charge on any atom is -0.457 e. The molecule has 0 saturated carbocycles. The Morgan fingerprint density at radius 3 is 2.50 bits per heavy atom. The lowest BCUT2D eigenvalue weighted by molar-refractivity contribution is 0.105. The first-order valence-corrected chi connectivity index (χ1v) is 6.61. The van der Waals surface area contributed by atoms with Gasteiger partial charge in [-0.2, -0.15) is 0 Å². The van der Waals surface area contributed by atoms with Crippen molar-refractivity contribution in [1.82, 2.24) is 0 Å². The normalized spacial score (nSPS) is 11.9. The Labute approximate surface area is 122 Å². The third-order valence-corrected chi connectivity index (χ3v) is 2.87. The van der Waals surface area contributed by atoms with E-state index in [0.29, 0.717) is 23.1 Å². The van der Waals surface area contributed by atoms with E-state index < -0.39 is 6.10 Å². The summed E-state index contributed by atoms with van der Waals surface area (Å²) in [5, 5.41) is 21.6. The molecule has 0 aliphatic heterocycles. The molecule has 4 nitrogen and oxygen atoms in total. The maximum absolute atomic E-state index is 9.24. The molecule has 20 heavy (non-hydrogen) atoms. The number of ether oxygens (including phenoxy) is 1. The van der Waals surface area contributed by atoms with Crippen LogP contribution in [0.2, 0.25) is 5.02 Å². The molecule has 0 aliphatic carbocycles. The molecule has 1 atom stereocenters. The average Bonchev–Trinajstić information content (AvgIpc) is 2.46. The van der Waals surface area contributed by atoms with E-state index in [-0.39, 0.29) is 6.61 Å². The second kappa shape index (κ2) is 7.14. The highest BCUT2D eigenvalue weighted by Gasteiger charge is 2.02. The van der Waals surface area contributed by atoms with Crippen LogP contribution in [0.25, 0.3) is 0 Å². The summed E-state index contributed by atoms with van der Waals surface area (Å²) in [6, 6.07) is 14.5. The fourth-order valence-corrected chi connectivity index (χ4v) is 1.79. The van der Waals surface area contributed by atoms with Gasteiger partial charge in [-0.05, 0) is 42.5 Å². The molecule has 2 rings (SSSR count). The maximum atomic E-state index is 9.24. The van der Waals surface area contributed by atoms with Gasteiger partial charge in [-0.15, -0.1) is 0 Å². The number of hydrogen-bond donors (Lipinski definition) is 3. The highest BCUT2D eigenvalue weighted by atomic mass is 35.5. The fraction of sp³-hybridized carbons (Fsp3) is 0.200. The molecule has 2 aromatic rings. The highest BCUT2D eigenvalue weighted by molar-refractivity contribution is 6.30. The van der Waals surface area contributed by atoms with Crippen LogP contribution in [-0.4, -0.2) is 29.5 Å². The quantitative estimate of drug-likeness (QED) is 0.766. The van der Waals surface area contributed by atoms with Gasteiger partial charge in [-0.1, -0.05) is 17.7 Å². The van der Waals surface area contributed by atoms with Gasteiger partial charge in [0.2, 0.25) is 0 Å². The molecule has 0 heterocycles. The summed E-state index contributed by atoms with van der Waals surface area (Å²) in [7, 11) is 0. The minimum absolute atomic E-state index is 0.261. The van der Waals surface area contributed by atoms with Gasteiger partial charge in [0.25, 0.3) is 0 Å². The Hall–Kier alpha value is -1.75. The molecule has 0 amide bonds. The van der Waals surface area contributed by atoms with Crippen LogP contribution >= 0.6 is 11.6 Å². The van der Waals surface area contributed by atoms with Crippen LogP contribution in [0, 0.1) is 0 Å². The van der Waals surface area contributed by atoms with Crippen molar-refractivity contribution in [3.63, 3.8) is 0 Å². The number of benzene rings is 2. The summed E-state index contributed by atoms with van der Waals surface area (Å²) >= 11 is 5.89. The van der Waals surface area contributed by atoms with Crippen LogP contribution in [0.4, 0.5) is 5.69 Å². The monoisotopic (exact) mass is 293 g/mol. The van der Waals surface area contributed by atoms with Crippen LogP contribution in [0.5, 0.6) is 11.5 Å². The summed E-state index contributed by atoms with van der Waals surface area (Å²) in [5.74, 6) is 1.37. The van der Waals surface area contributed by atoms with Crippen molar-refractivity contribution < 1.29 is 14.9 Å². The van der Waals surface area contributed by atoms with Gasteiger partial charge in [0.15, 0.2) is 0 Å². The number of nitrogens with one attached hydrogen (secondary N) is 1. The molecule has 1 unspecified atom stereocenters. The molecule has 0 aliphatic rings. The number of halogens is 1. The SMILES string of the molecule is OCC(O)CNc1ccc(Oc2cccc(Cl)c2)cc1. The average molecular weight is 294 g/mol. The Bertz CT molecular complexity index is 545. The Balaban J connectivity index is 1.94. The standard InChI is InChI=1S/C15H16ClNO3/c16-11-2-1-3-15(8-11)20-14-6-4-12(5-7-14)17-9-13(19)10-18/h1-8,13,17-19H,9-10H2. The fourth-order valence-electron chi connectivity index (χ4n) is 1.61. The Kier molecular flexibility index (Phi) is 5.24. The Morgan fingerprint density at radius 2 is 1.85 bits per heavy atom. The van der Waals surface area contributed by atoms with E-state index in [2.05, 4.69) is 5.32 Å². The predicted molar refractivity (Wildman–Crippen MR) is 79.6 cm³/mol. The van der Waals surface area contributed by atoms with Gasteiger partial charge < -0.3 is 20.3 Å². The van der Waals surface area contributed by atoms with Crippen molar-refractivity contribution in [2.45, 2.75) is 6.10 Å². The van der Waals surface area contributed by atoms with Gasteiger partial charge in [0, 0.05) is 17.3 Å². The van der Waals surface area contributed by atoms with Crippen molar-refractivity contribution in [2.24, 2.45) is 0 Å². The van der Waals surface area contributed by atoms with Crippen LogP contribution in [0.1, 0.15) is 0 Å². The topological polar surface area (TPSA) is 61.7 Å². The zero-order valence-corrected chi connectivity index (χ0v) is 11.5. The van der Waals surface area contributed by atoms with Crippen molar-refractivity contribution >= 4 is 17.3 Å². The first-order chi connectivity index (χ1) is 9.67. The molecule has 0 fully saturated rings. The van der Waals surface area contributed by atoms with Crippen LogP contribution in [0.3, 0.4) is 0 Å². The van der Waals surface area contributed by atoms with Crippen LogP contribution in [-0.2, 0) is 0 Å². The summed E-state index contributed by atoms with van der Waals surface area (Å²) < 4.78 is 5.66. The predicted octanol–water partition coefficient (Wildman–Crippen LogP) is 2.90. The number of anilines is 1. The van der Waals surface area contributed by atoms with Crippen molar-refractivity contribution in [1.29, 1.82) is 0 Å². The van der Waals surface area contributed by atoms with Gasteiger partial charge in [-0.25, -0.2) is 0 Å². The summed E-state index contributed by atoms with van der Waals surface area (Å²) in [6.45, 7) is 0.0357. The van der Waals surface area contributed by atoms with E-state index in [1.807, 2.05) is 36.4 Å². The lowest BCUT2D eigenvalue weighted by atomic mass is 10.3. The van der Waals surface area contributed by atoms with Gasteiger partial charge >= 0.3 is 0 Å². The molecule has 0 aromatic heterocycles. The Morgan fingerprint density at radius 1 is 1.10 bits per heavy atom. The number of hydrogen-bond acceptors (Lipinski definition) is 4.